The summed E-state index contributed by atoms with van der Waals surface area (Å²) in [6, 6.07) is 0. The molecule has 0 aromatic carbocycles. The number of amides is 1. The molecule has 0 aliphatic rings. The predicted molar refractivity (Wildman–Crippen MR) is 55.4 cm³/mol. The zero-order chi connectivity index (χ0) is 10.3. The Hall–Kier alpha value is -0.570. The minimum atomic E-state index is 0.126. The van der Waals surface area contributed by atoms with Crippen LogP contribution in [0.25, 0.3) is 0 Å². The minimum Gasteiger partial charge on any atom is -0.356 e. The van der Waals surface area contributed by atoms with E-state index in [1.54, 1.807) is 0 Å². The Morgan fingerprint density at radius 2 is 2.08 bits per heavy atom. The summed E-state index contributed by atoms with van der Waals surface area (Å²) >= 11 is 0. The van der Waals surface area contributed by atoms with Crippen LogP contribution in [-0.4, -0.2) is 19.0 Å². The molecule has 0 heterocycles. The zero-order valence-corrected chi connectivity index (χ0v) is 9.02. The van der Waals surface area contributed by atoms with E-state index in [9.17, 15) is 4.79 Å². The summed E-state index contributed by atoms with van der Waals surface area (Å²) in [6.45, 7) is 7.64. The molecule has 13 heavy (non-hydrogen) atoms. The van der Waals surface area contributed by atoms with Gasteiger partial charge in [0.2, 0.25) is 5.91 Å². The normalized spacial score (nSPS) is 11.4. The fraction of sp³-hybridized carbons (Fsp3) is 0.900. The minimum absolute atomic E-state index is 0.126. The van der Waals surface area contributed by atoms with E-state index < -0.39 is 0 Å². The molecule has 0 rings (SSSR count). The Morgan fingerprint density at radius 3 is 2.54 bits per heavy atom. The van der Waals surface area contributed by atoms with Crippen LogP contribution in [0.1, 0.15) is 40.0 Å². The van der Waals surface area contributed by atoms with Gasteiger partial charge in [-0.1, -0.05) is 20.8 Å². The van der Waals surface area contributed by atoms with Crippen LogP contribution in [0.4, 0.5) is 0 Å². The van der Waals surface area contributed by atoms with Crippen LogP contribution >= 0.6 is 0 Å². The third-order valence-corrected chi connectivity index (χ3v) is 2.14. The number of rotatable bonds is 6. The topological polar surface area (TPSA) is 55.1 Å². The van der Waals surface area contributed by atoms with Crippen LogP contribution in [0, 0.1) is 5.41 Å². The Morgan fingerprint density at radius 1 is 1.46 bits per heavy atom. The number of nitrogens with one attached hydrogen (secondary N) is 1. The maximum Gasteiger partial charge on any atom is 0.219 e. The molecule has 0 aromatic rings. The summed E-state index contributed by atoms with van der Waals surface area (Å²) < 4.78 is 0. The Labute approximate surface area is 81.1 Å². The van der Waals surface area contributed by atoms with E-state index in [1.165, 1.54) is 0 Å². The third kappa shape index (κ3) is 6.58. The summed E-state index contributed by atoms with van der Waals surface area (Å²) in [6.07, 6.45) is 2.65. The van der Waals surface area contributed by atoms with Gasteiger partial charge in [0.1, 0.15) is 0 Å². The molecule has 78 valence electrons. The molecule has 0 saturated heterocycles. The quantitative estimate of drug-likeness (QED) is 0.656. The molecule has 0 fully saturated rings. The number of carbonyl (C=O) groups excluding carboxylic acids is 1. The van der Waals surface area contributed by atoms with Gasteiger partial charge < -0.3 is 11.1 Å². The first kappa shape index (κ1) is 12.4. The van der Waals surface area contributed by atoms with Crippen molar-refractivity contribution in [3.8, 4) is 0 Å². The first-order chi connectivity index (χ1) is 6.02. The van der Waals surface area contributed by atoms with Gasteiger partial charge in [-0.25, -0.2) is 0 Å². The van der Waals surface area contributed by atoms with Crippen molar-refractivity contribution in [2.45, 2.75) is 40.0 Å². The van der Waals surface area contributed by atoms with E-state index in [0.717, 1.165) is 25.9 Å². The smallest absolute Gasteiger partial charge is 0.219 e. The van der Waals surface area contributed by atoms with Gasteiger partial charge in [-0.2, -0.15) is 0 Å². The molecule has 1 amide bonds. The molecule has 3 nitrogen and oxygen atoms in total. The van der Waals surface area contributed by atoms with Gasteiger partial charge in [-0.15, -0.1) is 0 Å². The van der Waals surface area contributed by atoms with E-state index in [1.807, 2.05) is 6.92 Å². The van der Waals surface area contributed by atoms with E-state index in [0.29, 0.717) is 6.42 Å². The molecule has 0 aliphatic heterocycles. The standard InChI is InChI=1S/C10H22N2O/c1-4-9(13)12-8-10(2,3)6-5-7-11/h4-8,11H2,1-3H3,(H,12,13). The molecule has 0 spiro atoms. The molecular formula is C10H22N2O. The number of carbonyl (C=O) groups is 1. The third-order valence-electron chi connectivity index (χ3n) is 2.14. The SMILES string of the molecule is CCC(=O)NCC(C)(C)CCCN. The molecule has 0 aromatic heterocycles. The number of hydrogen-bond acceptors (Lipinski definition) is 2. The highest BCUT2D eigenvalue weighted by Gasteiger charge is 2.17. The van der Waals surface area contributed by atoms with Gasteiger partial charge in [0, 0.05) is 13.0 Å². The summed E-state index contributed by atoms with van der Waals surface area (Å²) in [5.74, 6) is 0.126. The summed E-state index contributed by atoms with van der Waals surface area (Å²) in [5, 5.41) is 2.90. The van der Waals surface area contributed by atoms with Crippen molar-refractivity contribution in [3.05, 3.63) is 0 Å². The van der Waals surface area contributed by atoms with Crippen molar-refractivity contribution in [1.29, 1.82) is 0 Å². The lowest BCUT2D eigenvalue weighted by Gasteiger charge is -2.24. The fourth-order valence-corrected chi connectivity index (χ4v) is 1.13. The van der Waals surface area contributed by atoms with Crippen molar-refractivity contribution < 1.29 is 4.79 Å². The highest BCUT2D eigenvalue weighted by atomic mass is 16.1. The highest BCUT2D eigenvalue weighted by molar-refractivity contribution is 5.75. The van der Waals surface area contributed by atoms with Gasteiger partial charge >= 0.3 is 0 Å². The average molecular weight is 186 g/mol. The fourth-order valence-electron chi connectivity index (χ4n) is 1.13. The molecule has 0 atom stereocenters. The van der Waals surface area contributed by atoms with E-state index in [2.05, 4.69) is 19.2 Å². The van der Waals surface area contributed by atoms with Crippen LogP contribution < -0.4 is 11.1 Å². The zero-order valence-electron chi connectivity index (χ0n) is 9.02. The number of hydrogen-bond donors (Lipinski definition) is 2. The summed E-state index contributed by atoms with van der Waals surface area (Å²) in [7, 11) is 0. The summed E-state index contributed by atoms with van der Waals surface area (Å²) in [5.41, 5.74) is 5.60. The van der Waals surface area contributed by atoms with Crippen LogP contribution in [0.2, 0.25) is 0 Å². The van der Waals surface area contributed by atoms with E-state index in [4.69, 9.17) is 5.73 Å². The molecule has 0 radical (unpaired) electrons. The van der Waals surface area contributed by atoms with Crippen LogP contribution in [0.5, 0.6) is 0 Å². The van der Waals surface area contributed by atoms with E-state index >= 15 is 0 Å². The van der Waals surface area contributed by atoms with Crippen molar-refractivity contribution in [2.24, 2.45) is 11.1 Å². The second kappa shape index (κ2) is 5.97. The highest BCUT2D eigenvalue weighted by Crippen LogP contribution is 2.20. The van der Waals surface area contributed by atoms with Crippen LogP contribution in [0.3, 0.4) is 0 Å². The van der Waals surface area contributed by atoms with Crippen molar-refractivity contribution in [2.75, 3.05) is 13.1 Å². The first-order valence-electron chi connectivity index (χ1n) is 4.98. The van der Waals surface area contributed by atoms with Gasteiger partial charge in [0.15, 0.2) is 0 Å². The van der Waals surface area contributed by atoms with Crippen molar-refractivity contribution >= 4 is 5.91 Å². The Kier molecular flexibility index (Phi) is 5.71. The molecule has 0 bridgehead atoms. The van der Waals surface area contributed by atoms with Crippen molar-refractivity contribution in [1.82, 2.24) is 5.32 Å². The molecule has 3 heteroatoms. The van der Waals surface area contributed by atoms with Gasteiger partial charge in [-0.3, -0.25) is 4.79 Å². The second-order valence-electron chi connectivity index (χ2n) is 4.19. The monoisotopic (exact) mass is 186 g/mol. The van der Waals surface area contributed by atoms with Crippen molar-refractivity contribution in [3.63, 3.8) is 0 Å². The summed E-state index contributed by atoms with van der Waals surface area (Å²) in [4.78, 5) is 11.0. The van der Waals surface area contributed by atoms with Crippen LogP contribution in [-0.2, 0) is 4.79 Å². The Balaban J connectivity index is 3.67. The van der Waals surface area contributed by atoms with Gasteiger partial charge in [0.25, 0.3) is 0 Å². The first-order valence-corrected chi connectivity index (χ1v) is 4.98. The molecular weight excluding hydrogens is 164 g/mol. The predicted octanol–water partition coefficient (Wildman–Crippen LogP) is 1.28. The molecule has 0 saturated carbocycles. The lowest BCUT2D eigenvalue weighted by molar-refractivity contribution is -0.121. The van der Waals surface area contributed by atoms with Gasteiger partial charge in [-0.05, 0) is 24.8 Å². The van der Waals surface area contributed by atoms with Gasteiger partial charge in [0.05, 0.1) is 0 Å². The largest absolute Gasteiger partial charge is 0.356 e. The second-order valence-corrected chi connectivity index (χ2v) is 4.19. The molecule has 3 N–H and O–H groups in total. The maximum absolute atomic E-state index is 11.0. The van der Waals surface area contributed by atoms with E-state index in [-0.39, 0.29) is 11.3 Å². The lowest BCUT2D eigenvalue weighted by Crippen LogP contribution is -2.33. The number of nitrogens with two attached hydrogens (primary N) is 1. The molecule has 0 aliphatic carbocycles. The lowest BCUT2D eigenvalue weighted by atomic mass is 9.88. The van der Waals surface area contributed by atoms with Crippen LogP contribution in [0.15, 0.2) is 0 Å². The molecule has 0 unspecified atom stereocenters. The maximum atomic E-state index is 11.0. The Bertz CT molecular complexity index is 155. The average Bonchev–Trinajstić information content (AvgIpc) is 2.11.